The van der Waals surface area contributed by atoms with E-state index < -0.39 is 5.97 Å². The van der Waals surface area contributed by atoms with Gasteiger partial charge in [-0.25, -0.2) is 4.79 Å². The first-order valence-corrected chi connectivity index (χ1v) is 6.61. The van der Waals surface area contributed by atoms with Crippen LogP contribution in [0.25, 0.3) is 0 Å². The molecule has 4 nitrogen and oxygen atoms in total. The second-order valence-electron chi connectivity index (χ2n) is 4.23. The van der Waals surface area contributed by atoms with E-state index in [-0.39, 0.29) is 5.76 Å². The monoisotopic (exact) mass is 288 g/mol. The second-order valence-corrected chi connectivity index (χ2v) is 4.23. The summed E-state index contributed by atoms with van der Waals surface area (Å²) in [5.41, 5.74) is 0.423. The number of methoxy groups -OCH3 is 1. The number of carbonyl (C=O) groups is 1. The molecule has 0 fully saturated rings. The molecule has 0 aromatic heterocycles. The molecule has 21 heavy (non-hydrogen) atoms. The van der Waals surface area contributed by atoms with Crippen LogP contribution in [0.15, 0.2) is 61.1 Å². The van der Waals surface area contributed by atoms with E-state index in [1.807, 2.05) is 6.92 Å². The average Bonchev–Trinajstić information content (AvgIpc) is 2.50. The summed E-state index contributed by atoms with van der Waals surface area (Å²) in [5.74, 6) is 0.914. The van der Waals surface area contributed by atoms with Crippen LogP contribution in [0.3, 0.4) is 0 Å². The summed E-state index contributed by atoms with van der Waals surface area (Å²) in [7, 11) is 1.56. The Labute approximate surface area is 125 Å². The summed E-state index contributed by atoms with van der Waals surface area (Å²) >= 11 is 0. The molecular weight excluding hydrogens is 268 g/mol. The lowest BCUT2D eigenvalue weighted by Gasteiger charge is -2.06. The maximum atomic E-state index is 11.9. The Morgan fingerprint density at radius 3 is 2.33 bits per heavy atom. The quantitative estimate of drug-likeness (QED) is 0.414. The summed E-state index contributed by atoms with van der Waals surface area (Å²) in [6.45, 7) is 9.98. The Hall–Kier alpha value is -2.49. The van der Waals surface area contributed by atoms with Crippen molar-refractivity contribution in [3.8, 4) is 5.75 Å². The Morgan fingerprint density at radius 1 is 1.14 bits per heavy atom. The van der Waals surface area contributed by atoms with Gasteiger partial charge in [0.1, 0.15) is 17.3 Å². The van der Waals surface area contributed by atoms with Crippen molar-refractivity contribution in [3.63, 3.8) is 0 Å². The van der Waals surface area contributed by atoms with Crippen molar-refractivity contribution < 1.29 is 19.0 Å². The maximum Gasteiger partial charge on any atom is 0.343 e. The minimum atomic E-state index is -0.479. The van der Waals surface area contributed by atoms with Crippen LogP contribution in [0.4, 0.5) is 0 Å². The second kappa shape index (κ2) is 8.64. The van der Waals surface area contributed by atoms with Crippen molar-refractivity contribution in [1.29, 1.82) is 0 Å². The van der Waals surface area contributed by atoms with E-state index in [9.17, 15) is 4.79 Å². The fourth-order valence-electron chi connectivity index (χ4n) is 1.41. The first-order chi connectivity index (χ1) is 10.1. The molecule has 1 aromatic carbocycles. The van der Waals surface area contributed by atoms with E-state index in [0.717, 1.165) is 6.42 Å². The molecule has 0 atom stereocenters. The van der Waals surface area contributed by atoms with Crippen LogP contribution in [0.2, 0.25) is 0 Å². The van der Waals surface area contributed by atoms with Crippen molar-refractivity contribution in [2.45, 2.75) is 13.3 Å². The summed E-state index contributed by atoms with van der Waals surface area (Å²) in [4.78, 5) is 11.9. The molecule has 0 N–H and O–H groups in total. The van der Waals surface area contributed by atoms with Gasteiger partial charge in [0, 0.05) is 0 Å². The summed E-state index contributed by atoms with van der Waals surface area (Å²) in [6.07, 6.45) is 4.05. The summed E-state index contributed by atoms with van der Waals surface area (Å²) in [5, 5.41) is 0. The van der Waals surface area contributed by atoms with Gasteiger partial charge in [-0.05, 0) is 42.8 Å². The van der Waals surface area contributed by atoms with Crippen molar-refractivity contribution in [1.82, 2.24) is 0 Å². The highest BCUT2D eigenvalue weighted by molar-refractivity contribution is 5.90. The fraction of sp³-hybridized carbons (Fsp3) is 0.235. The van der Waals surface area contributed by atoms with Crippen LogP contribution in [-0.4, -0.2) is 19.7 Å². The predicted molar refractivity (Wildman–Crippen MR) is 82.1 cm³/mol. The third-order valence-corrected chi connectivity index (χ3v) is 2.50. The van der Waals surface area contributed by atoms with Crippen LogP contribution in [-0.2, 0) is 9.47 Å². The van der Waals surface area contributed by atoms with Gasteiger partial charge in [0.25, 0.3) is 0 Å². The normalized spacial score (nSPS) is 10.2. The van der Waals surface area contributed by atoms with Gasteiger partial charge in [-0.3, -0.25) is 0 Å². The van der Waals surface area contributed by atoms with Crippen molar-refractivity contribution in [2.75, 3.05) is 13.7 Å². The minimum Gasteiger partial charge on any atom is -0.497 e. The van der Waals surface area contributed by atoms with Crippen molar-refractivity contribution >= 4 is 5.97 Å². The third kappa shape index (κ3) is 5.99. The highest BCUT2D eigenvalue weighted by atomic mass is 16.5. The number of allylic oxidation sites excluding steroid dienone is 2. The standard InChI is InChI=1S/C17H20O4/c1-5-12-20-13(2)6-7-14(3)21-17(18)15-8-10-16(19-4)11-9-15/h6-11H,2-3,5,12H2,1,4H3/b7-6-. The molecule has 112 valence electrons. The zero-order valence-corrected chi connectivity index (χ0v) is 12.4. The van der Waals surface area contributed by atoms with E-state index in [0.29, 0.717) is 23.7 Å². The Bertz CT molecular complexity index is 526. The number of carbonyl (C=O) groups excluding carboxylic acids is 1. The van der Waals surface area contributed by atoms with Gasteiger partial charge in [-0.2, -0.15) is 0 Å². The van der Waals surface area contributed by atoms with Crippen molar-refractivity contribution in [3.05, 3.63) is 66.7 Å². The Kier molecular flexibility index (Phi) is 6.81. The van der Waals surface area contributed by atoms with E-state index in [1.165, 1.54) is 0 Å². The molecule has 0 bridgehead atoms. The smallest absolute Gasteiger partial charge is 0.343 e. The first-order valence-electron chi connectivity index (χ1n) is 6.61. The molecule has 0 unspecified atom stereocenters. The van der Waals surface area contributed by atoms with Gasteiger partial charge in [-0.1, -0.05) is 20.1 Å². The molecule has 0 aliphatic carbocycles. The number of benzene rings is 1. The number of hydrogen-bond acceptors (Lipinski definition) is 4. The molecule has 0 radical (unpaired) electrons. The lowest BCUT2D eigenvalue weighted by atomic mass is 10.2. The Balaban J connectivity index is 2.51. The van der Waals surface area contributed by atoms with E-state index in [4.69, 9.17) is 14.2 Å². The minimum absolute atomic E-state index is 0.220. The zero-order valence-electron chi connectivity index (χ0n) is 12.4. The number of esters is 1. The molecule has 1 rings (SSSR count). The molecule has 0 saturated carbocycles. The molecule has 1 aromatic rings. The average molecular weight is 288 g/mol. The summed E-state index contributed by atoms with van der Waals surface area (Å²) < 4.78 is 15.4. The van der Waals surface area contributed by atoms with Crippen LogP contribution >= 0.6 is 0 Å². The van der Waals surface area contributed by atoms with Crippen molar-refractivity contribution in [2.24, 2.45) is 0 Å². The lowest BCUT2D eigenvalue weighted by Crippen LogP contribution is -2.03. The van der Waals surface area contributed by atoms with Gasteiger partial charge in [0.2, 0.25) is 0 Å². The number of hydrogen-bond donors (Lipinski definition) is 0. The number of rotatable bonds is 8. The first kappa shape index (κ1) is 16.6. The molecule has 0 aliphatic heterocycles. The molecule has 0 aliphatic rings. The molecule has 0 spiro atoms. The SMILES string of the molecule is C=C(/C=C\C(=C)OC(=O)c1ccc(OC)cc1)OCCC. The predicted octanol–water partition coefficient (Wildman–Crippen LogP) is 3.86. The molecule has 4 heteroatoms. The van der Waals surface area contributed by atoms with Crippen LogP contribution in [0, 0.1) is 0 Å². The zero-order chi connectivity index (χ0) is 15.7. The van der Waals surface area contributed by atoms with Gasteiger partial charge < -0.3 is 14.2 Å². The van der Waals surface area contributed by atoms with Gasteiger partial charge in [0.05, 0.1) is 19.3 Å². The highest BCUT2D eigenvalue weighted by Gasteiger charge is 2.08. The van der Waals surface area contributed by atoms with Gasteiger partial charge >= 0.3 is 5.97 Å². The van der Waals surface area contributed by atoms with E-state index in [2.05, 4.69) is 13.2 Å². The van der Waals surface area contributed by atoms with E-state index in [1.54, 1.807) is 43.5 Å². The summed E-state index contributed by atoms with van der Waals surface area (Å²) in [6, 6.07) is 6.63. The van der Waals surface area contributed by atoms with Gasteiger partial charge in [-0.15, -0.1) is 0 Å². The number of ether oxygens (including phenoxy) is 3. The van der Waals surface area contributed by atoms with Gasteiger partial charge in [0.15, 0.2) is 0 Å². The Morgan fingerprint density at radius 2 is 1.76 bits per heavy atom. The molecular formula is C17H20O4. The topological polar surface area (TPSA) is 44.8 Å². The lowest BCUT2D eigenvalue weighted by molar-refractivity contribution is 0.0638. The van der Waals surface area contributed by atoms with Crippen LogP contribution in [0.1, 0.15) is 23.7 Å². The van der Waals surface area contributed by atoms with E-state index >= 15 is 0 Å². The van der Waals surface area contributed by atoms with Crippen LogP contribution in [0.5, 0.6) is 5.75 Å². The fourth-order valence-corrected chi connectivity index (χ4v) is 1.41. The third-order valence-electron chi connectivity index (χ3n) is 2.50. The molecule has 0 amide bonds. The van der Waals surface area contributed by atoms with Crippen LogP contribution < -0.4 is 4.74 Å². The largest absolute Gasteiger partial charge is 0.497 e. The maximum absolute atomic E-state index is 11.9. The molecule has 0 saturated heterocycles. The molecule has 0 heterocycles. The highest BCUT2D eigenvalue weighted by Crippen LogP contribution is 2.13.